The number of para-hydroxylation sites is 1. The molecule has 0 spiro atoms. The highest BCUT2D eigenvalue weighted by Gasteiger charge is 2.31. The second kappa shape index (κ2) is 4.61. The molecule has 0 aliphatic carbocycles. The second-order valence-electron chi connectivity index (χ2n) is 5.39. The number of nitrogen functional groups attached to an aromatic ring is 1. The van der Waals surface area contributed by atoms with Crippen molar-refractivity contribution in [1.29, 1.82) is 5.26 Å². The maximum Gasteiger partial charge on any atom is 0.416 e. The fourth-order valence-corrected chi connectivity index (χ4v) is 2.97. The number of nitrogens with two attached hydrogens (primary N) is 1. The maximum absolute atomic E-state index is 13.0. The molecule has 0 fully saturated rings. The Morgan fingerprint density at radius 2 is 1.75 bits per heavy atom. The fraction of sp³-hybridized carbons (Fsp3) is 0.0588. The van der Waals surface area contributed by atoms with Gasteiger partial charge in [0.05, 0.1) is 16.6 Å². The molecule has 0 radical (unpaired) electrons. The van der Waals surface area contributed by atoms with E-state index in [0.717, 1.165) is 12.1 Å². The Kier molecular flexibility index (Phi) is 2.76. The van der Waals surface area contributed by atoms with Crippen LogP contribution in [0.15, 0.2) is 42.5 Å². The van der Waals surface area contributed by atoms with E-state index >= 15 is 0 Å². The Bertz CT molecular complexity index is 1170. The van der Waals surface area contributed by atoms with E-state index in [9.17, 15) is 18.4 Å². The lowest BCUT2D eigenvalue weighted by molar-refractivity contribution is -0.137. The number of fused-ring (bicyclic) bond motifs is 5. The summed E-state index contributed by atoms with van der Waals surface area (Å²) in [6.45, 7) is 0. The van der Waals surface area contributed by atoms with Gasteiger partial charge >= 0.3 is 6.18 Å². The molecular formula is C17H9F3N4. The summed E-state index contributed by atoms with van der Waals surface area (Å²) < 4.78 is 40.6. The first-order chi connectivity index (χ1) is 11.4. The third kappa shape index (κ3) is 1.83. The summed E-state index contributed by atoms with van der Waals surface area (Å²) in [6, 6.07) is 12.6. The van der Waals surface area contributed by atoms with Crippen molar-refractivity contribution < 1.29 is 13.2 Å². The number of aromatic nitrogens is 2. The molecule has 2 N–H and O–H groups in total. The lowest BCUT2D eigenvalue weighted by atomic mass is 10.1. The number of rotatable bonds is 0. The van der Waals surface area contributed by atoms with Gasteiger partial charge < -0.3 is 5.73 Å². The summed E-state index contributed by atoms with van der Waals surface area (Å²) in [4.78, 5) is 4.19. The number of halogens is 3. The van der Waals surface area contributed by atoms with Crippen LogP contribution in [0.5, 0.6) is 0 Å². The van der Waals surface area contributed by atoms with E-state index in [4.69, 9.17) is 5.73 Å². The molecule has 0 unspecified atom stereocenters. The first-order valence-electron chi connectivity index (χ1n) is 7.01. The number of benzene rings is 2. The van der Waals surface area contributed by atoms with E-state index in [1.54, 1.807) is 28.7 Å². The summed E-state index contributed by atoms with van der Waals surface area (Å²) in [5.74, 6) is -0.0390. The van der Waals surface area contributed by atoms with Gasteiger partial charge in [0.25, 0.3) is 0 Å². The van der Waals surface area contributed by atoms with Gasteiger partial charge in [-0.1, -0.05) is 18.2 Å². The quantitative estimate of drug-likeness (QED) is 0.529. The van der Waals surface area contributed by atoms with Crippen molar-refractivity contribution in [1.82, 2.24) is 9.38 Å². The summed E-state index contributed by atoms with van der Waals surface area (Å²) in [5, 5.41) is 10.3. The molecule has 4 rings (SSSR count). The molecule has 24 heavy (non-hydrogen) atoms. The monoisotopic (exact) mass is 326 g/mol. The van der Waals surface area contributed by atoms with Crippen LogP contribution in [0.1, 0.15) is 11.1 Å². The molecule has 0 bridgehead atoms. The molecule has 2 aromatic carbocycles. The Morgan fingerprint density at radius 3 is 2.46 bits per heavy atom. The van der Waals surface area contributed by atoms with Gasteiger partial charge in [-0.2, -0.15) is 18.4 Å². The van der Waals surface area contributed by atoms with E-state index in [1.807, 2.05) is 0 Å². The lowest BCUT2D eigenvalue weighted by Gasteiger charge is -2.11. The van der Waals surface area contributed by atoms with Crippen molar-refractivity contribution in [2.75, 3.05) is 5.73 Å². The first-order valence-corrected chi connectivity index (χ1v) is 7.01. The van der Waals surface area contributed by atoms with Gasteiger partial charge in [0.2, 0.25) is 0 Å². The molecule has 7 heteroatoms. The van der Waals surface area contributed by atoms with E-state index in [0.29, 0.717) is 27.6 Å². The SMILES string of the molecule is N#Cc1c2ccccc2n2c1nc(N)c1cc(C(F)(F)F)ccc12. The largest absolute Gasteiger partial charge is 0.416 e. The molecule has 0 aliphatic heterocycles. The van der Waals surface area contributed by atoms with Crippen molar-refractivity contribution in [3.05, 3.63) is 53.6 Å². The summed E-state index contributed by atoms with van der Waals surface area (Å²) in [6.07, 6.45) is -4.47. The summed E-state index contributed by atoms with van der Waals surface area (Å²) in [7, 11) is 0. The Balaban J connectivity index is 2.25. The fourth-order valence-electron chi connectivity index (χ4n) is 2.97. The average molecular weight is 326 g/mol. The van der Waals surface area contributed by atoms with Gasteiger partial charge in [0.15, 0.2) is 5.65 Å². The van der Waals surface area contributed by atoms with Crippen LogP contribution in [0, 0.1) is 11.3 Å². The smallest absolute Gasteiger partial charge is 0.383 e. The van der Waals surface area contributed by atoms with E-state index < -0.39 is 11.7 Å². The number of nitrogens with zero attached hydrogens (tertiary/aromatic N) is 3. The van der Waals surface area contributed by atoms with Crippen LogP contribution in [0.4, 0.5) is 19.0 Å². The number of anilines is 1. The summed E-state index contributed by atoms with van der Waals surface area (Å²) >= 11 is 0. The number of hydrogen-bond acceptors (Lipinski definition) is 3. The van der Waals surface area contributed by atoms with Crippen molar-refractivity contribution in [2.45, 2.75) is 6.18 Å². The Labute approximate surface area is 133 Å². The van der Waals surface area contributed by atoms with E-state index in [1.165, 1.54) is 6.07 Å². The van der Waals surface area contributed by atoms with Crippen molar-refractivity contribution >= 4 is 33.3 Å². The zero-order chi connectivity index (χ0) is 17.1. The van der Waals surface area contributed by atoms with E-state index in [2.05, 4.69) is 11.1 Å². The summed E-state index contributed by atoms with van der Waals surface area (Å²) in [5.41, 5.74) is 6.94. The average Bonchev–Trinajstić information content (AvgIpc) is 2.87. The topological polar surface area (TPSA) is 67.1 Å². The van der Waals surface area contributed by atoms with Crippen LogP contribution in [0.3, 0.4) is 0 Å². The molecule has 118 valence electrons. The molecular weight excluding hydrogens is 317 g/mol. The van der Waals surface area contributed by atoms with Gasteiger partial charge in [-0.05, 0) is 24.3 Å². The molecule has 2 heterocycles. The first kappa shape index (κ1) is 14.3. The van der Waals surface area contributed by atoms with Gasteiger partial charge in [-0.3, -0.25) is 4.40 Å². The molecule has 4 nitrogen and oxygen atoms in total. The molecule has 2 aromatic heterocycles. The Morgan fingerprint density at radius 1 is 1.04 bits per heavy atom. The lowest BCUT2D eigenvalue weighted by Crippen LogP contribution is -2.06. The third-order valence-electron chi connectivity index (χ3n) is 4.03. The van der Waals surface area contributed by atoms with Gasteiger partial charge in [0, 0.05) is 10.8 Å². The van der Waals surface area contributed by atoms with Gasteiger partial charge in [0.1, 0.15) is 17.5 Å². The predicted molar refractivity (Wildman–Crippen MR) is 84.3 cm³/mol. The molecule has 0 saturated heterocycles. The number of alkyl halides is 3. The van der Waals surface area contributed by atoms with Crippen molar-refractivity contribution in [3.63, 3.8) is 0 Å². The number of nitriles is 1. The maximum atomic E-state index is 13.0. The van der Waals surface area contributed by atoms with Crippen molar-refractivity contribution in [3.8, 4) is 6.07 Å². The van der Waals surface area contributed by atoms with Gasteiger partial charge in [-0.15, -0.1) is 0 Å². The van der Waals surface area contributed by atoms with Crippen LogP contribution in [-0.4, -0.2) is 9.38 Å². The standard InChI is InChI=1S/C17H9F3N4/c18-17(19,20)9-5-6-14-11(7-9)15(22)23-16-12(8-21)10-3-1-2-4-13(10)24(14)16/h1-7H,(H2,22,23). The highest BCUT2D eigenvalue weighted by atomic mass is 19.4. The van der Waals surface area contributed by atoms with Crippen LogP contribution >= 0.6 is 0 Å². The molecule has 0 amide bonds. The normalized spacial score (nSPS) is 12.1. The van der Waals surface area contributed by atoms with Gasteiger partial charge in [-0.25, -0.2) is 4.98 Å². The highest BCUT2D eigenvalue weighted by molar-refractivity contribution is 6.01. The predicted octanol–water partition coefficient (Wildman–Crippen LogP) is 4.11. The number of hydrogen-bond donors (Lipinski definition) is 1. The van der Waals surface area contributed by atoms with E-state index in [-0.39, 0.29) is 11.2 Å². The minimum absolute atomic E-state index is 0.0390. The molecule has 0 aliphatic rings. The highest BCUT2D eigenvalue weighted by Crippen LogP contribution is 2.35. The van der Waals surface area contributed by atoms with Crippen LogP contribution in [-0.2, 0) is 6.18 Å². The molecule has 4 aromatic rings. The Hall–Kier alpha value is -3.27. The molecule has 0 atom stereocenters. The zero-order valence-electron chi connectivity index (χ0n) is 12.1. The van der Waals surface area contributed by atoms with Crippen molar-refractivity contribution in [2.24, 2.45) is 0 Å². The third-order valence-corrected chi connectivity index (χ3v) is 4.03. The second-order valence-corrected chi connectivity index (χ2v) is 5.39. The minimum atomic E-state index is -4.47. The molecule has 0 saturated carbocycles. The minimum Gasteiger partial charge on any atom is -0.383 e. The van der Waals surface area contributed by atoms with Crippen LogP contribution in [0.2, 0.25) is 0 Å². The van der Waals surface area contributed by atoms with Crippen LogP contribution < -0.4 is 5.73 Å². The zero-order valence-corrected chi connectivity index (χ0v) is 12.1. The van der Waals surface area contributed by atoms with Crippen LogP contribution in [0.25, 0.3) is 27.5 Å².